The van der Waals surface area contributed by atoms with E-state index in [9.17, 15) is 4.79 Å². The van der Waals surface area contributed by atoms with Crippen molar-refractivity contribution >= 4 is 11.6 Å². The smallest absolute Gasteiger partial charge is 0.261 e. The molecular formula is C19H25NO2. The van der Waals surface area contributed by atoms with Gasteiger partial charge in [0, 0.05) is 11.3 Å². The molecule has 1 saturated heterocycles. The minimum Gasteiger partial charge on any atom is -0.357 e. The lowest BCUT2D eigenvalue weighted by Gasteiger charge is -2.47. The molecule has 0 bridgehead atoms. The van der Waals surface area contributed by atoms with Crippen molar-refractivity contribution < 1.29 is 9.53 Å². The van der Waals surface area contributed by atoms with Gasteiger partial charge in [-0.15, -0.1) is 6.58 Å². The fourth-order valence-corrected chi connectivity index (χ4v) is 4.16. The van der Waals surface area contributed by atoms with Gasteiger partial charge >= 0.3 is 0 Å². The standard InChI is InChI=1S/C19H25NO2/c1-4-8-14-12-18(3,11-5-2)13-19(22-14)15-9-6-7-10-16(15)20-17(19)21/h5-7,9-10,14H,2,4,8,11-13H2,1,3H3,(H,20,21)/t14-,18+,19+/m1/s1. The number of carbonyl (C=O) groups excluding carboxylic acids is 1. The lowest BCUT2D eigenvalue weighted by Crippen LogP contribution is -2.50. The summed E-state index contributed by atoms with van der Waals surface area (Å²) in [5.74, 6) is -0.00945. The van der Waals surface area contributed by atoms with Crippen molar-refractivity contribution in [3.8, 4) is 0 Å². The Bertz CT molecular complexity index is 597. The van der Waals surface area contributed by atoms with Gasteiger partial charge in [-0.25, -0.2) is 0 Å². The third-order valence-corrected chi connectivity index (χ3v) is 4.99. The summed E-state index contributed by atoms with van der Waals surface area (Å²) in [4.78, 5) is 12.8. The molecule has 3 nitrogen and oxygen atoms in total. The van der Waals surface area contributed by atoms with Gasteiger partial charge in [-0.2, -0.15) is 0 Å². The molecule has 1 fully saturated rings. The fourth-order valence-electron chi connectivity index (χ4n) is 4.16. The Hall–Kier alpha value is -1.61. The van der Waals surface area contributed by atoms with Crippen molar-refractivity contribution in [1.82, 2.24) is 0 Å². The van der Waals surface area contributed by atoms with Crippen LogP contribution in [0.15, 0.2) is 36.9 Å². The van der Waals surface area contributed by atoms with E-state index in [0.29, 0.717) is 0 Å². The Balaban J connectivity index is 2.04. The lowest BCUT2D eigenvalue weighted by atomic mass is 9.68. The third-order valence-electron chi connectivity index (χ3n) is 4.99. The molecule has 1 spiro atoms. The number of rotatable bonds is 4. The predicted octanol–water partition coefficient (Wildman–Crippen LogP) is 4.40. The second-order valence-corrected chi connectivity index (χ2v) is 7.04. The molecule has 3 heteroatoms. The van der Waals surface area contributed by atoms with Gasteiger partial charge in [-0.05, 0) is 37.2 Å². The van der Waals surface area contributed by atoms with Crippen molar-refractivity contribution in [3.63, 3.8) is 0 Å². The Morgan fingerprint density at radius 2 is 2.23 bits per heavy atom. The number of benzene rings is 1. The molecule has 2 aliphatic rings. The first-order valence-electron chi connectivity index (χ1n) is 8.23. The normalized spacial score (nSPS) is 33.5. The topological polar surface area (TPSA) is 38.3 Å². The number of anilines is 1. The summed E-state index contributed by atoms with van der Waals surface area (Å²) >= 11 is 0. The average Bonchev–Trinajstić information content (AvgIpc) is 2.71. The molecule has 1 N–H and O–H groups in total. The number of para-hydroxylation sites is 1. The van der Waals surface area contributed by atoms with Crippen LogP contribution in [0.3, 0.4) is 0 Å². The van der Waals surface area contributed by atoms with Gasteiger partial charge in [0.1, 0.15) is 0 Å². The van der Waals surface area contributed by atoms with E-state index < -0.39 is 5.60 Å². The van der Waals surface area contributed by atoms with Crippen molar-refractivity contribution in [3.05, 3.63) is 42.5 Å². The van der Waals surface area contributed by atoms with Crippen molar-refractivity contribution in [1.29, 1.82) is 0 Å². The number of fused-ring (bicyclic) bond motifs is 2. The molecule has 0 radical (unpaired) electrons. The van der Waals surface area contributed by atoms with Crippen molar-refractivity contribution in [2.75, 3.05) is 5.32 Å². The van der Waals surface area contributed by atoms with Crippen LogP contribution in [0.1, 0.15) is 51.5 Å². The number of hydrogen-bond donors (Lipinski definition) is 1. The highest BCUT2D eigenvalue weighted by molar-refractivity contribution is 6.05. The van der Waals surface area contributed by atoms with E-state index in [1.807, 2.05) is 30.3 Å². The second-order valence-electron chi connectivity index (χ2n) is 7.04. The Morgan fingerprint density at radius 1 is 1.45 bits per heavy atom. The van der Waals surface area contributed by atoms with Gasteiger partial charge in [-0.3, -0.25) is 4.79 Å². The zero-order valence-corrected chi connectivity index (χ0v) is 13.5. The van der Waals surface area contributed by atoms with E-state index >= 15 is 0 Å². The molecule has 3 rings (SSSR count). The van der Waals surface area contributed by atoms with E-state index in [0.717, 1.165) is 43.4 Å². The molecule has 1 aromatic rings. The van der Waals surface area contributed by atoms with Crippen LogP contribution >= 0.6 is 0 Å². The third kappa shape index (κ3) is 2.38. The molecule has 0 unspecified atom stereocenters. The van der Waals surface area contributed by atoms with E-state index in [1.54, 1.807) is 0 Å². The summed E-state index contributed by atoms with van der Waals surface area (Å²) in [5.41, 5.74) is 1.11. The number of hydrogen-bond acceptors (Lipinski definition) is 2. The van der Waals surface area contributed by atoms with E-state index in [1.165, 1.54) is 0 Å². The first-order chi connectivity index (χ1) is 10.5. The van der Waals surface area contributed by atoms with E-state index in [-0.39, 0.29) is 17.4 Å². The van der Waals surface area contributed by atoms with Gasteiger partial charge in [0.2, 0.25) is 0 Å². The van der Waals surface area contributed by atoms with Gasteiger partial charge in [0.05, 0.1) is 6.10 Å². The SMILES string of the molecule is C=CC[C@@]1(C)C[C@@H](CCC)O[C@]2(C1)C(=O)Nc1ccccc12. The van der Waals surface area contributed by atoms with Gasteiger partial charge in [0.25, 0.3) is 5.91 Å². The largest absolute Gasteiger partial charge is 0.357 e. The minimum absolute atomic E-state index is 0.00945. The van der Waals surface area contributed by atoms with Crippen molar-refractivity contribution in [2.24, 2.45) is 5.41 Å². The second kappa shape index (κ2) is 5.54. The summed E-state index contributed by atoms with van der Waals surface area (Å²) in [6, 6.07) is 7.92. The highest BCUT2D eigenvalue weighted by Gasteiger charge is 2.55. The molecule has 3 atom stereocenters. The summed E-state index contributed by atoms with van der Waals surface area (Å²) in [6.07, 6.45) is 6.77. The highest BCUT2D eigenvalue weighted by atomic mass is 16.5. The van der Waals surface area contributed by atoms with Crippen LogP contribution in [0.5, 0.6) is 0 Å². The molecule has 1 amide bonds. The van der Waals surface area contributed by atoms with Crippen LogP contribution in [0.4, 0.5) is 5.69 Å². The van der Waals surface area contributed by atoms with Gasteiger partial charge in [-0.1, -0.05) is 44.5 Å². The zero-order valence-electron chi connectivity index (χ0n) is 13.5. The number of ether oxygens (including phenoxy) is 1. The van der Waals surface area contributed by atoms with Crippen LogP contribution in [0.25, 0.3) is 0 Å². The van der Waals surface area contributed by atoms with E-state index in [4.69, 9.17) is 4.74 Å². The number of nitrogens with one attached hydrogen (secondary N) is 1. The molecule has 2 heterocycles. The Morgan fingerprint density at radius 3 is 2.95 bits per heavy atom. The molecule has 22 heavy (non-hydrogen) atoms. The molecule has 118 valence electrons. The minimum atomic E-state index is -0.827. The summed E-state index contributed by atoms with van der Waals surface area (Å²) < 4.78 is 6.41. The Kier molecular flexibility index (Phi) is 3.85. The van der Waals surface area contributed by atoms with Crippen LogP contribution in [0.2, 0.25) is 0 Å². The average molecular weight is 299 g/mol. The Labute approximate surface area is 132 Å². The molecule has 0 aromatic heterocycles. The summed E-state index contributed by atoms with van der Waals surface area (Å²) in [6.45, 7) is 8.33. The zero-order chi connectivity index (χ0) is 15.8. The molecule has 1 aromatic carbocycles. The van der Waals surface area contributed by atoms with Crippen LogP contribution in [0, 0.1) is 5.41 Å². The number of amides is 1. The maximum absolute atomic E-state index is 12.8. The first-order valence-corrected chi connectivity index (χ1v) is 8.23. The number of carbonyl (C=O) groups is 1. The van der Waals surface area contributed by atoms with Crippen LogP contribution in [-0.2, 0) is 15.1 Å². The van der Waals surface area contributed by atoms with Gasteiger partial charge < -0.3 is 10.1 Å². The highest BCUT2D eigenvalue weighted by Crippen LogP contribution is 2.53. The fraction of sp³-hybridized carbons (Fsp3) is 0.526. The maximum atomic E-state index is 12.8. The van der Waals surface area contributed by atoms with Gasteiger partial charge in [0.15, 0.2) is 5.60 Å². The molecular weight excluding hydrogens is 274 g/mol. The quantitative estimate of drug-likeness (QED) is 0.837. The molecule has 0 aliphatic carbocycles. The summed E-state index contributed by atoms with van der Waals surface area (Å²) in [5, 5.41) is 3.01. The lowest BCUT2D eigenvalue weighted by molar-refractivity contribution is -0.182. The maximum Gasteiger partial charge on any atom is 0.261 e. The van der Waals surface area contributed by atoms with Crippen molar-refractivity contribution in [2.45, 2.75) is 57.7 Å². The first kappa shape index (κ1) is 15.3. The van der Waals surface area contributed by atoms with Crippen LogP contribution < -0.4 is 5.32 Å². The predicted molar refractivity (Wildman–Crippen MR) is 88.7 cm³/mol. The monoisotopic (exact) mass is 299 g/mol. The summed E-state index contributed by atoms with van der Waals surface area (Å²) in [7, 11) is 0. The van der Waals surface area contributed by atoms with Crippen LogP contribution in [-0.4, -0.2) is 12.0 Å². The molecule has 2 aliphatic heterocycles. The molecule has 0 saturated carbocycles. The van der Waals surface area contributed by atoms with E-state index in [2.05, 4.69) is 25.7 Å². The number of allylic oxidation sites excluding steroid dienone is 1.